The molecule has 0 aromatic heterocycles. The Morgan fingerprint density at radius 3 is 2.44 bits per heavy atom. The first-order valence-corrected chi connectivity index (χ1v) is 6.72. The molecule has 1 aromatic rings. The molecule has 1 aliphatic heterocycles. The minimum Gasteiger partial charge on any atom is -0.481 e. The highest BCUT2D eigenvalue weighted by atomic mass is 16.4. The van der Waals surface area contributed by atoms with Gasteiger partial charge in [0.2, 0.25) is 0 Å². The van der Waals surface area contributed by atoms with Crippen molar-refractivity contribution in [3.05, 3.63) is 35.4 Å². The molecule has 0 aliphatic carbocycles. The molecule has 18 heavy (non-hydrogen) atoms. The van der Waals surface area contributed by atoms with Crippen LogP contribution in [0.2, 0.25) is 0 Å². The Morgan fingerprint density at radius 1 is 1.28 bits per heavy atom. The lowest BCUT2D eigenvalue weighted by atomic mass is 9.99. The number of hydrogen-bond acceptors (Lipinski definition) is 2. The number of unbranched alkanes of at least 4 members (excludes halogenated alkanes) is 1. The number of nitrogens with zero attached hydrogens (tertiary/aromatic N) is 1. The van der Waals surface area contributed by atoms with Crippen molar-refractivity contribution in [3.63, 3.8) is 0 Å². The smallest absolute Gasteiger partial charge is 0.309 e. The van der Waals surface area contributed by atoms with Gasteiger partial charge in [-0.1, -0.05) is 37.6 Å². The van der Waals surface area contributed by atoms with Gasteiger partial charge in [-0.3, -0.25) is 9.69 Å². The zero-order valence-electron chi connectivity index (χ0n) is 10.9. The summed E-state index contributed by atoms with van der Waals surface area (Å²) in [7, 11) is 0. The highest BCUT2D eigenvalue weighted by Crippen LogP contribution is 2.19. The van der Waals surface area contributed by atoms with Crippen LogP contribution in [0.4, 0.5) is 0 Å². The molecular formula is C15H21NO2. The van der Waals surface area contributed by atoms with E-state index in [4.69, 9.17) is 5.11 Å². The average molecular weight is 247 g/mol. The summed E-state index contributed by atoms with van der Waals surface area (Å²) in [5.41, 5.74) is 2.67. The van der Waals surface area contributed by atoms with E-state index in [0.29, 0.717) is 13.1 Å². The van der Waals surface area contributed by atoms with Crippen molar-refractivity contribution in [2.75, 3.05) is 13.1 Å². The predicted molar refractivity (Wildman–Crippen MR) is 71.5 cm³/mol. The van der Waals surface area contributed by atoms with Gasteiger partial charge in [0.25, 0.3) is 0 Å². The van der Waals surface area contributed by atoms with Gasteiger partial charge in [0.05, 0.1) is 5.92 Å². The van der Waals surface area contributed by atoms with Crippen molar-refractivity contribution in [1.82, 2.24) is 4.90 Å². The molecular weight excluding hydrogens is 226 g/mol. The lowest BCUT2D eigenvalue weighted by Gasteiger charge is -2.36. The number of likely N-dealkylation sites (tertiary alicyclic amines) is 1. The summed E-state index contributed by atoms with van der Waals surface area (Å²) in [4.78, 5) is 12.9. The van der Waals surface area contributed by atoms with Crippen LogP contribution in [-0.2, 0) is 17.8 Å². The quantitative estimate of drug-likeness (QED) is 0.840. The Bertz CT molecular complexity index is 393. The number of hydrogen-bond donors (Lipinski definition) is 1. The van der Waals surface area contributed by atoms with Gasteiger partial charge in [-0.15, -0.1) is 0 Å². The molecule has 2 rings (SSSR count). The molecule has 3 heteroatoms. The van der Waals surface area contributed by atoms with E-state index in [1.165, 1.54) is 24.0 Å². The highest BCUT2D eigenvalue weighted by Gasteiger charge is 2.31. The zero-order valence-corrected chi connectivity index (χ0v) is 10.9. The summed E-state index contributed by atoms with van der Waals surface area (Å²) in [6.07, 6.45) is 3.62. The number of aryl methyl sites for hydroxylation is 1. The predicted octanol–water partition coefficient (Wildman–Crippen LogP) is 2.55. The van der Waals surface area contributed by atoms with Crippen LogP contribution in [0.5, 0.6) is 0 Å². The third kappa shape index (κ3) is 3.33. The number of aliphatic carboxylic acids is 1. The van der Waals surface area contributed by atoms with Crippen molar-refractivity contribution < 1.29 is 9.90 Å². The Labute approximate surface area is 108 Å². The fraction of sp³-hybridized carbons (Fsp3) is 0.533. The van der Waals surface area contributed by atoms with Crippen LogP contribution in [0, 0.1) is 5.92 Å². The van der Waals surface area contributed by atoms with Crippen LogP contribution in [0.3, 0.4) is 0 Å². The highest BCUT2D eigenvalue weighted by molar-refractivity contribution is 5.71. The van der Waals surface area contributed by atoms with Gasteiger partial charge in [0.15, 0.2) is 0 Å². The first-order chi connectivity index (χ1) is 8.69. The molecule has 0 amide bonds. The van der Waals surface area contributed by atoms with E-state index in [1.807, 2.05) is 0 Å². The normalized spacial score (nSPS) is 16.5. The van der Waals surface area contributed by atoms with Gasteiger partial charge in [-0.05, 0) is 24.0 Å². The average Bonchev–Trinajstić information content (AvgIpc) is 2.31. The van der Waals surface area contributed by atoms with Crippen molar-refractivity contribution in [2.24, 2.45) is 5.92 Å². The van der Waals surface area contributed by atoms with Crippen molar-refractivity contribution in [1.29, 1.82) is 0 Å². The molecule has 1 fully saturated rings. The Hall–Kier alpha value is -1.35. The summed E-state index contributed by atoms with van der Waals surface area (Å²) in [5.74, 6) is -0.824. The second-order valence-electron chi connectivity index (χ2n) is 5.15. The molecule has 98 valence electrons. The van der Waals surface area contributed by atoms with Crippen LogP contribution in [0.25, 0.3) is 0 Å². The van der Waals surface area contributed by atoms with Gasteiger partial charge < -0.3 is 5.11 Å². The number of rotatable bonds is 6. The van der Waals surface area contributed by atoms with E-state index in [2.05, 4.69) is 36.1 Å². The van der Waals surface area contributed by atoms with E-state index in [-0.39, 0.29) is 5.92 Å². The third-order valence-corrected chi connectivity index (χ3v) is 3.55. The van der Waals surface area contributed by atoms with E-state index in [0.717, 1.165) is 13.0 Å². The molecule has 0 bridgehead atoms. The molecule has 0 saturated carbocycles. The maximum atomic E-state index is 10.7. The number of carbonyl (C=O) groups is 1. The van der Waals surface area contributed by atoms with Crippen LogP contribution in [-0.4, -0.2) is 29.1 Å². The first kappa shape index (κ1) is 13.1. The molecule has 1 heterocycles. The summed E-state index contributed by atoms with van der Waals surface area (Å²) < 4.78 is 0. The monoisotopic (exact) mass is 247 g/mol. The molecule has 0 atom stereocenters. The van der Waals surface area contributed by atoms with E-state index < -0.39 is 5.97 Å². The molecule has 1 saturated heterocycles. The molecule has 1 aliphatic rings. The van der Waals surface area contributed by atoms with Crippen LogP contribution < -0.4 is 0 Å². The van der Waals surface area contributed by atoms with E-state index in [9.17, 15) is 4.79 Å². The summed E-state index contributed by atoms with van der Waals surface area (Å²) in [6.45, 7) is 4.45. The fourth-order valence-corrected chi connectivity index (χ4v) is 2.31. The van der Waals surface area contributed by atoms with Crippen LogP contribution in [0.15, 0.2) is 24.3 Å². The van der Waals surface area contributed by atoms with Crippen LogP contribution >= 0.6 is 0 Å². The van der Waals surface area contributed by atoms with Gasteiger partial charge in [0.1, 0.15) is 0 Å². The fourth-order valence-electron chi connectivity index (χ4n) is 2.31. The number of carboxylic acid groups (broad SMARTS) is 1. The first-order valence-electron chi connectivity index (χ1n) is 6.72. The summed E-state index contributed by atoms with van der Waals surface area (Å²) in [5, 5.41) is 8.81. The Kier molecular flexibility index (Phi) is 4.37. The topological polar surface area (TPSA) is 40.5 Å². The molecule has 1 aromatic carbocycles. The SMILES string of the molecule is CCCCc1ccc(CN2CC(C(=O)O)C2)cc1. The van der Waals surface area contributed by atoms with Gasteiger partial charge in [-0.2, -0.15) is 0 Å². The second-order valence-corrected chi connectivity index (χ2v) is 5.15. The second kappa shape index (κ2) is 6.01. The molecule has 1 N–H and O–H groups in total. The standard InChI is InChI=1S/C15H21NO2/c1-2-3-4-12-5-7-13(8-6-12)9-16-10-14(11-16)15(17)18/h5-8,14H,2-4,9-11H2,1H3,(H,17,18). The lowest BCUT2D eigenvalue weighted by Crippen LogP contribution is -2.49. The van der Waals surface area contributed by atoms with Crippen LogP contribution in [0.1, 0.15) is 30.9 Å². The Morgan fingerprint density at radius 2 is 1.89 bits per heavy atom. The Balaban J connectivity index is 1.79. The third-order valence-electron chi connectivity index (χ3n) is 3.55. The number of benzene rings is 1. The molecule has 0 unspecified atom stereocenters. The van der Waals surface area contributed by atoms with E-state index in [1.54, 1.807) is 0 Å². The number of carboxylic acids is 1. The van der Waals surface area contributed by atoms with Crippen molar-refractivity contribution in [2.45, 2.75) is 32.7 Å². The van der Waals surface area contributed by atoms with Gasteiger partial charge in [0, 0.05) is 19.6 Å². The largest absolute Gasteiger partial charge is 0.481 e. The van der Waals surface area contributed by atoms with E-state index >= 15 is 0 Å². The maximum absolute atomic E-state index is 10.7. The molecule has 0 spiro atoms. The summed E-state index contributed by atoms with van der Waals surface area (Å²) in [6, 6.07) is 8.72. The van der Waals surface area contributed by atoms with Gasteiger partial charge >= 0.3 is 5.97 Å². The maximum Gasteiger partial charge on any atom is 0.309 e. The van der Waals surface area contributed by atoms with Crippen molar-refractivity contribution in [3.8, 4) is 0 Å². The zero-order chi connectivity index (χ0) is 13.0. The van der Waals surface area contributed by atoms with Gasteiger partial charge in [-0.25, -0.2) is 0 Å². The molecule has 0 radical (unpaired) electrons. The molecule has 3 nitrogen and oxygen atoms in total. The summed E-state index contributed by atoms with van der Waals surface area (Å²) >= 11 is 0. The minimum absolute atomic E-state index is 0.158. The minimum atomic E-state index is -0.666. The van der Waals surface area contributed by atoms with Crippen molar-refractivity contribution >= 4 is 5.97 Å². The lowest BCUT2D eigenvalue weighted by molar-refractivity contribution is -0.147.